The molecule has 52 heavy (non-hydrogen) atoms. The van der Waals surface area contributed by atoms with E-state index in [2.05, 4.69) is 171 Å². The van der Waals surface area contributed by atoms with Crippen LogP contribution in [0.4, 0.5) is 0 Å². The van der Waals surface area contributed by atoms with Crippen molar-refractivity contribution < 1.29 is 8.85 Å². The quantitative estimate of drug-likeness (QED) is 0.190. The van der Waals surface area contributed by atoms with E-state index in [0.717, 1.165) is 24.2 Å². The molecular weight excluding hydrogens is 733 g/mol. The van der Waals surface area contributed by atoms with Crippen molar-refractivity contribution in [2.24, 2.45) is 29.6 Å². The molecule has 0 bridgehead atoms. The van der Waals surface area contributed by atoms with Gasteiger partial charge in [0.05, 0.1) is 12.2 Å². The van der Waals surface area contributed by atoms with Gasteiger partial charge in [-0.15, -0.1) is 0 Å². The van der Waals surface area contributed by atoms with E-state index in [1.165, 1.54) is 70.0 Å². The van der Waals surface area contributed by atoms with Crippen LogP contribution in [0.1, 0.15) is 118 Å². The van der Waals surface area contributed by atoms with Crippen LogP contribution >= 0.6 is 15.9 Å². The minimum atomic E-state index is -1.52. The third-order valence-electron chi connectivity index (χ3n) is 10.4. The van der Waals surface area contributed by atoms with Gasteiger partial charge >= 0.3 is 0 Å². The molecule has 2 nitrogen and oxygen atoms in total. The van der Waals surface area contributed by atoms with Gasteiger partial charge in [0.1, 0.15) is 0 Å². The van der Waals surface area contributed by atoms with Gasteiger partial charge in [-0.1, -0.05) is 118 Å². The summed E-state index contributed by atoms with van der Waals surface area (Å²) in [4.78, 5) is 0. The number of halogens is 1. The van der Waals surface area contributed by atoms with E-state index < -0.39 is 16.6 Å². The molecule has 286 valence electrons. The fourth-order valence-corrected chi connectivity index (χ4v) is 11.2. The number of benzene rings is 3. The van der Waals surface area contributed by atoms with E-state index in [9.17, 15) is 0 Å². The van der Waals surface area contributed by atoms with E-state index >= 15 is 0 Å². The van der Waals surface area contributed by atoms with Gasteiger partial charge in [-0.25, -0.2) is 0 Å². The van der Waals surface area contributed by atoms with E-state index in [-0.39, 0.29) is 0 Å². The lowest BCUT2D eigenvalue weighted by Crippen LogP contribution is -2.30. The molecule has 0 aliphatic heterocycles. The third-order valence-corrected chi connectivity index (χ3v) is 13.1. The van der Waals surface area contributed by atoms with Crippen molar-refractivity contribution in [3.8, 4) is 0 Å². The van der Waals surface area contributed by atoms with Crippen molar-refractivity contribution in [1.29, 1.82) is 0 Å². The van der Waals surface area contributed by atoms with E-state index in [1.807, 2.05) is 0 Å². The van der Waals surface area contributed by atoms with Crippen molar-refractivity contribution in [2.75, 3.05) is 0 Å². The van der Waals surface area contributed by atoms with Crippen molar-refractivity contribution >= 4 is 38.6 Å². The first-order valence-electron chi connectivity index (χ1n) is 20.2. The van der Waals surface area contributed by atoms with Crippen LogP contribution in [-0.4, -0.2) is 16.6 Å². The first kappa shape index (κ1) is 43.0. The molecule has 0 fully saturated rings. The van der Waals surface area contributed by atoms with Crippen LogP contribution < -0.4 is 0 Å². The number of hydrogen-bond donors (Lipinski definition) is 0. The second-order valence-corrected chi connectivity index (χ2v) is 28.9. The Balaban J connectivity index is 0.000000177. The second-order valence-electron chi connectivity index (χ2n) is 19.2. The Hall–Kier alpha value is -1.77. The molecule has 3 aliphatic rings. The summed E-state index contributed by atoms with van der Waals surface area (Å²) in [5, 5.41) is 0. The van der Waals surface area contributed by atoms with Gasteiger partial charge in [0.15, 0.2) is 16.6 Å². The normalized spacial score (nSPS) is 20.6. The summed E-state index contributed by atoms with van der Waals surface area (Å²) >= 11 is 3.70. The number of aryl methyl sites for hydroxylation is 2. The Labute approximate surface area is 330 Å². The van der Waals surface area contributed by atoms with Crippen molar-refractivity contribution in [2.45, 2.75) is 145 Å². The van der Waals surface area contributed by atoms with E-state index in [0.29, 0.717) is 24.0 Å². The maximum atomic E-state index is 6.53. The highest BCUT2D eigenvalue weighted by atomic mass is 79.9. The Morgan fingerprint density at radius 1 is 0.615 bits per heavy atom. The summed E-state index contributed by atoms with van der Waals surface area (Å²) in [6.07, 6.45) is 10.3. The smallest absolute Gasteiger partial charge is 0.184 e. The highest BCUT2D eigenvalue weighted by Gasteiger charge is 2.38. The Morgan fingerprint density at radius 2 is 1.08 bits per heavy atom. The molecule has 0 radical (unpaired) electrons. The topological polar surface area (TPSA) is 18.5 Å². The summed E-state index contributed by atoms with van der Waals surface area (Å²) in [5.41, 5.74) is 13.4. The molecule has 3 aromatic rings. The zero-order valence-electron chi connectivity index (χ0n) is 35.3. The van der Waals surface area contributed by atoms with E-state index in [4.69, 9.17) is 8.85 Å². The fraction of sp³-hybridized carbons (Fsp3) is 0.574. The highest BCUT2D eigenvalue weighted by molar-refractivity contribution is 9.10. The fourth-order valence-electron chi connectivity index (χ4n) is 8.54. The van der Waals surface area contributed by atoms with Gasteiger partial charge < -0.3 is 8.85 Å². The number of hydrogen-bond acceptors (Lipinski definition) is 2. The minimum absolute atomic E-state index is 0.307. The molecule has 0 N–H and O–H groups in total. The molecule has 3 aromatic carbocycles. The first-order valence-corrected chi connectivity index (χ1v) is 27.8. The van der Waals surface area contributed by atoms with Gasteiger partial charge in [-0.05, 0) is 172 Å². The Kier molecular flexibility index (Phi) is 15.1. The molecule has 0 amide bonds. The number of fused-ring (bicyclic) bond motifs is 3. The second kappa shape index (κ2) is 18.2. The van der Waals surface area contributed by atoms with Gasteiger partial charge in [0.25, 0.3) is 0 Å². The number of rotatable bonds is 10. The van der Waals surface area contributed by atoms with Crippen LogP contribution in [0, 0.1) is 43.4 Å². The van der Waals surface area contributed by atoms with Crippen molar-refractivity contribution in [3.63, 3.8) is 0 Å². The average Bonchev–Trinajstić information content (AvgIpc) is 3.67. The average molecular weight is 804 g/mol. The Bertz CT molecular complexity index is 1570. The lowest BCUT2D eigenvalue weighted by atomic mass is 9.93. The van der Waals surface area contributed by atoms with Crippen LogP contribution in [0.3, 0.4) is 0 Å². The molecule has 3 aliphatic carbocycles. The standard InChI is InChI=1S/C17H28OSi.C16H25BrOSi.C14H18/c1-12(2)10-14-11-16-13(3)8-7-9-15(16)17(14)18-19(4,5)6;1-11(2)9-12-10-14-13(7-6-8-15(14)17)16(12)18-19(3,4)5;1-10(2)7-12-8-13-6-4-5-11(3)14(13)9-12/h7-9,12,14,17H,10-11H2,1-6H3;6-8,11-12,16H,9-10H2,1-5H3;4-6,8,10H,7,9H2,1-3H3. The monoisotopic (exact) mass is 802 g/mol. The maximum absolute atomic E-state index is 6.53. The lowest BCUT2D eigenvalue weighted by molar-refractivity contribution is 0.128. The predicted molar refractivity (Wildman–Crippen MR) is 235 cm³/mol. The molecule has 0 spiro atoms. The van der Waals surface area contributed by atoms with Gasteiger partial charge in [-0.3, -0.25) is 0 Å². The molecule has 0 saturated heterocycles. The van der Waals surface area contributed by atoms with Crippen LogP contribution in [-0.2, 0) is 28.1 Å². The molecule has 4 atom stereocenters. The summed E-state index contributed by atoms with van der Waals surface area (Å²) in [6.45, 7) is 32.0. The lowest BCUT2D eigenvalue weighted by Gasteiger charge is -2.29. The Morgan fingerprint density at radius 3 is 1.56 bits per heavy atom. The highest BCUT2D eigenvalue weighted by Crippen LogP contribution is 2.46. The van der Waals surface area contributed by atoms with Crippen LogP contribution in [0.25, 0.3) is 6.08 Å². The summed E-state index contributed by atoms with van der Waals surface area (Å²) in [5.74, 6) is 3.55. The predicted octanol–water partition coefficient (Wildman–Crippen LogP) is 14.6. The van der Waals surface area contributed by atoms with Crippen LogP contribution in [0.15, 0.2) is 64.6 Å². The minimum Gasteiger partial charge on any atom is -0.410 e. The van der Waals surface area contributed by atoms with Crippen LogP contribution in [0.5, 0.6) is 0 Å². The molecule has 6 rings (SSSR count). The molecule has 0 saturated carbocycles. The molecule has 5 heteroatoms. The SMILES string of the molecule is CC(C)CC1Cc2c(Br)cccc2C1O[Si](C)(C)C.Cc1cccc2c1CC(CC(C)C)=C2.Cc1cccc2c1CC(CC(C)C)C2O[Si](C)(C)C. The van der Waals surface area contributed by atoms with Crippen molar-refractivity contribution in [1.82, 2.24) is 0 Å². The maximum Gasteiger partial charge on any atom is 0.184 e. The van der Waals surface area contributed by atoms with Gasteiger partial charge in [0, 0.05) is 4.47 Å². The van der Waals surface area contributed by atoms with Gasteiger partial charge in [-0.2, -0.15) is 0 Å². The summed E-state index contributed by atoms with van der Waals surface area (Å²) in [7, 11) is -3.02. The largest absolute Gasteiger partial charge is 0.410 e. The third kappa shape index (κ3) is 12.1. The first-order chi connectivity index (χ1) is 24.2. The summed E-state index contributed by atoms with van der Waals surface area (Å²) in [6, 6.07) is 19.9. The molecule has 4 unspecified atom stereocenters. The van der Waals surface area contributed by atoms with E-state index in [1.54, 1.807) is 16.7 Å². The summed E-state index contributed by atoms with van der Waals surface area (Å²) < 4.78 is 14.3. The van der Waals surface area contributed by atoms with Gasteiger partial charge in [0.2, 0.25) is 0 Å². The number of allylic oxidation sites excluding steroid dienone is 1. The molecule has 0 heterocycles. The molecular formula is C47H71BrO2Si2. The van der Waals surface area contributed by atoms with Crippen LogP contribution in [0.2, 0.25) is 39.3 Å². The zero-order chi connectivity index (χ0) is 38.5. The van der Waals surface area contributed by atoms with Crippen molar-refractivity contribution in [3.05, 3.63) is 109 Å². The zero-order valence-corrected chi connectivity index (χ0v) is 38.8. The molecule has 0 aromatic heterocycles.